The quantitative estimate of drug-likeness (QED) is 0.139. The van der Waals surface area contributed by atoms with Gasteiger partial charge >= 0.3 is 0 Å². The number of phenolic OH excluding ortho intramolecular Hbond substituents is 1. The van der Waals surface area contributed by atoms with E-state index >= 15 is 0 Å². The van der Waals surface area contributed by atoms with E-state index in [2.05, 4.69) is 169 Å². The molecule has 0 saturated heterocycles. The van der Waals surface area contributed by atoms with Crippen LogP contribution in [0.3, 0.4) is 0 Å². The minimum atomic E-state index is 0.283. The molecule has 5 aliphatic rings. The van der Waals surface area contributed by atoms with Gasteiger partial charge in [-0.1, -0.05) is 194 Å². The van der Waals surface area contributed by atoms with E-state index in [-0.39, 0.29) is 5.75 Å². The van der Waals surface area contributed by atoms with Gasteiger partial charge in [0.05, 0.1) is 51.1 Å². The van der Waals surface area contributed by atoms with Gasteiger partial charge in [-0.3, -0.25) is 0 Å². The fraction of sp³-hybridized carbons (Fsp3) is 0.0980. The number of hydrogen-bond acceptors (Lipinski definition) is 9. The molecule has 0 fully saturated rings. The summed E-state index contributed by atoms with van der Waals surface area (Å²) in [4.78, 5) is 0. The van der Waals surface area contributed by atoms with Crippen LogP contribution in [0, 0.1) is 68.6 Å². The molecule has 14 nitrogen and oxygen atoms in total. The van der Waals surface area contributed by atoms with Crippen LogP contribution in [-0.2, 0) is 0 Å². The molecule has 0 radical (unpaired) electrons. The molecule has 19 rings (SSSR count). The molecule has 14 heteroatoms. The van der Waals surface area contributed by atoms with Crippen molar-refractivity contribution in [3.8, 4) is 97.2 Å². The number of nitriles is 3. The summed E-state index contributed by atoms with van der Waals surface area (Å²) in [6.07, 6.45) is 10.4. The number of fused-ring (bicyclic) bond motifs is 5. The van der Waals surface area contributed by atoms with Crippen LogP contribution in [0.4, 0.5) is 28.4 Å². The highest BCUT2D eigenvalue weighted by Crippen LogP contribution is 2.43. The molecule has 562 valence electrons. The van der Waals surface area contributed by atoms with E-state index in [1.165, 1.54) is 27.8 Å². The molecule has 116 heavy (non-hydrogen) atoms. The Labute approximate surface area is 676 Å². The molecule has 0 aliphatic carbocycles. The Morgan fingerprint density at radius 2 is 0.569 bits per heavy atom. The van der Waals surface area contributed by atoms with Crippen molar-refractivity contribution in [3.05, 3.63) is 388 Å². The summed E-state index contributed by atoms with van der Waals surface area (Å²) in [5.41, 5.74) is 26.5. The lowest BCUT2D eigenvalue weighted by Crippen LogP contribution is -2.21. The normalized spacial score (nSPS) is 12.8. The Bertz CT molecular complexity index is 6230. The van der Waals surface area contributed by atoms with Crippen LogP contribution in [0.25, 0.3) is 44.5 Å². The molecule has 0 amide bonds. The molecule has 5 heterocycles. The first-order valence-electron chi connectivity index (χ1n) is 38.3. The Kier molecular flexibility index (Phi) is 23.2. The summed E-state index contributed by atoms with van der Waals surface area (Å²) in [6, 6.07) is 112. The maximum absolute atomic E-state index is 11.2. The lowest BCUT2D eigenvalue weighted by atomic mass is 9.96. The van der Waals surface area contributed by atoms with Crippen molar-refractivity contribution in [2.24, 2.45) is 0 Å². The molecule has 0 saturated carbocycles. The topological polar surface area (TPSA) is 153 Å². The number of benzene rings is 14. The number of aryl methyl sites for hydroxylation is 5. The molecule has 14 aromatic carbocycles. The van der Waals surface area contributed by atoms with E-state index in [0.29, 0.717) is 50.3 Å². The fourth-order valence-electron chi connectivity index (χ4n) is 14.4. The number of rotatable bonds is 9. The van der Waals surface area contributed by atoms with Crippen LogP contribution in [0.15, 0.2) is 315 Å². The SMILES string of the molecule is Cc1cccc2c1OC[N+](c1cc(-c3ccccc3)c(O)c(-c3ccccc3)c1)=C2.Cc1cccc2c1OC[N+](c1ccc(-c3ccc(-c4ccccc4)cc3)cc1)=C2.Cc1cccc2c1OC[N+](c1ccc(C#N)cc1)=C2.Cc1cccc2c1OC[N+](c1cccc(C#N)c1)=C2.Cc1cccc2c1OC[N+](c1ccccc1C#N)=C2. The Hall–Kier alpha value is -15.3. The Morgan fingerprint density at radius 1 is 0.259 bits per heavy atom. The van der Waals surface area contributed by atoms with Gasteiger partial charge in [-0.2, -0.15) is 38.7 Å². The molecule has 0 unspecified atom stereocenters. The van der Waals surface area contributed by atoms with E-state index in [1.54, 1.807) is 6.07 Å². The summed E-state index contributed by atoms with van der Waals surface area (Å²) < 4.78 is 39.7. The molecule has 0 aromatic heterocycles. The molecule has 5 aliphatic heterocycles. The minimum Gasteiger partial charge on any atom is -0.507 e. The van der Waals surface area contributed by atoms with Crippen molar-refractivity contribution in [2.45, 2.75) is 34.6 Å². The average molecular weight is 1520 g/mol. The number of phenols is 1. The van der Waals surface area contributed by atoms with Gasteiger partial charge in [0, 0.05) is 65.7 Å². The zero-order chi connectivity index (χ0) is 79.9. The van der Waals surface area contributed by atoms with E-state index in [4.69, 9.17) is 39.5 Å². The zero-order valence-electron chi connectivity index (χ0n) is 65.0. The summed E-state index contributed by atoms with van der Waals surface area (Å²) in [5, 5.41) is 38.1. The summed E-state index contributed by atoms with van der Waals surface area (Å²) in [7, 11) is 0. The minimum absolute atomic E-state index is 0.283. The van der Waals surface area contributed by atoms with Gasteiger partial charge in [-0.05, 0) is 163 Å². The summed E-state index contributed by atoms with van der Waals surface area (Å²) in [6.45, 7) is 12.6. The molecule has 14 aromatic rings. The van der Waals surface area contributed by atoms with Crippen molar-refractivity contribution >= 4 is 59.5 Å². The highest BCUT2D eigenvalue weighted by molar-refractivity contribution is 5.88. The number of aromatic hydroxyl groups is 1. The number of hydrogen-bond donors (Lipinski definition) is 1. The first-order chi connectivity index (χ1) is 56.8. The smallest absolute Gasteiger partial charge is 0.292 e. The van der Waals surface area contributed by atoms with Crippen molar-refractivity contribution in [1.82, 2.24) is 0 Å². The van der Waals surface area contributed by atoms with Crippen molar-refractivity contribution < 1.29 is 51.7 Å². The highest BCUT2D eigenvalue weighted by atomic mass is 16.5. The number of ether oxygens (including phenoxy) is 5. The summed E-state index contributed by atoms with van der Waals surface area (Å²) >= 11 is 0. The largest absolute Gasteiger partial charge is 0.507 e. The van der Waals surface area contributed by atoms with Crippen molar-refractivity contribution in [1.29, 1.82) is 15.8 Å². The molecule has 0 bridgehead atoms. The lowest BCUT2D eigenvalue weighted by molar-refractivity contribution is -0.476. The van der Waals surface area contributed by atoms with Gasteiger partial charge < -0.3 is 28.8 Å². The summed E-state index contributed by atoms with van der Waals surface area (Å²) in [5.74, 6) is 5.01. The van der Waals surface area contributed by atoms with E-state index in [9.17, 15) is 5.11 Å². The fourth-order valence-corrected chi connectivity index (χ4v) is 14.4. The predicted molar refractivity (Wildman–Crippen MR) is 459 cm³/mol. The van der Waals surface area contributed by atoms with Crippen LogP contribution in [0.1, 0.15) is 72.3 Å². The molecule has 1 N–H and O–H groups in total. The Balaban J connectivity index is 0.000000116. The number of para-hydroxylation sites is 6. The number of nitrogens with zero attached hydrogens (tertiary/aromatic N) is 8. The third-order valence-corrected chi connectivity index (χ3v) is 20.5. The first-order valence-corrected chi connectivity index (χ1v) is 38.3. The van der Waals surface area contributed by atoms with Gasteiger partial charge in [0.25, 0.3) is 33.7 Å². The second-order valence-corrected chi connectivity index (χ2v) is 28.4. The maximum atomic E-state index is 11.2. The van der Waals surface area contributed by atoms with Gasteiger partial charge in [-0.25, -0.2) is 0 Å². The standard InChI is InChI=1S/C27H21NO2.C27H22NO.3C16H13N2O/c1-19-9-8-14-22-17-28(18-30-27(19)22)23-15-24(20-10-4-2-5-11-20)26(29)25(16-23)21-12-6-3-7-13-21;1-20-6-5-9-25-18-28(19-29-27(20)25)26-16-14-24(15-17-26)23-12-10-22(11-13-23)21-7-3-2-4-8-21;1-12-4-2-6-14-10-18(11-19-16(12)14)15-7-3-5-13(8-15)9-17;1-12-5-4-7-14-10-18(11-19-16(12)14)15-8-3-2-6-13(15)9-17;1-12-3-2-4-14-10-18(11-19-16(12)14)15-7-5-13(9-17)6-8-15/h2-17H,18H2,1H3;2-18H,19H2,1H3;3*2-8,10H,11H2,1H3/q;4*+1/p+1. The monoisotopic (exact) mass is 1520 g/mol. The second-order valence-electron chi connectivity index (χ2n) is 28.4. The van der Waals surface area contributed by atoms with Gasteiger partial charge in [-0.15, -0.1) is 0 Å². The van der Waals surface area contributed by atoms with E-state index in [0.717, 1.165) is 130 Å². The van der Waals surface area contributed by atoms with Gasteiger partial charge in [0.15, 0.2) is 31.1 Å². The molecular formula is C102H83N8O6+5. The molecule has 0 atom stereocenters. The predicted octanol–water partition coefficient (Wildman–Crippen LogP) is 21.5. The third-order valence-electron chi connectivity index (χ3n) is 20.5. The maximum Gasteiger partial charge on any atom is 0.292 e. The van der Waals surface area contributed by atoms with Crippen LogP contribution in [0.5, 0.6) is 34.5 Å². The van der Waals surface area contributed by atoms with Crippen LogP contribution >= 0.6 is 0 Å². The first kappa shape index (κ1) is 76.1. The van der Waals surface area contributed by atoms with E-state index in [1.807, 2.05) is 247 Å². The van der Waals surface area contributed by atoms with Crippen molar-refractivity contribution in [2.75, 3.05) is 33.7 Å². The van der Waals surface area contributed by atoms with Gasteiger partial charge in [0.2, 0.25) is 28.4 Å². The Morgan fingerprint density at radius 3 is 0.957 bits per heavy atom. The molecular weight excluding hydrogens is 1430 g/mol. The molecule has 0 spiro atoms. The highest BCUT2D eigenvalue weighted by Gasteiger charge is 2.28. The average Bonchev–Trinajstić information content (AvgIpc) is 0.763. The van der Waals surface area contributed by atoms with E-state index < -0.39 is 0 Å². The van der Waals surface area contributed by atoms with Crippen LogP contribution in [-0.4, -0.2) is 92.7 Å². The third kappa shape index (κ3) is 17.4. The van der Waals surface area contributed by atoms with Crippen LogP contribution in [0.2, 0.25) is 0 Å². The van der Waals surface area contributed by atoms with Crippen LogP contribution < -0.4 is 23.7 Å². The van der Waals surface area contributed by atoms with Crippen molar-refractivity contribution in [3.63, 3.8) is 0 Å². The lowest BCUT2D eigenvalue weighted by Gasteiger charge is -2.17. The van der Waals surface area contributed by atoms with Gasteiger partial charge in [0.1, 0.15) is 46.1 Å². The second kappa shape index (κ2) is 35.4. The zero-order valence-corrected chi connectivity index (χ0v) is 65.0.